The third kappa shape index (κ3) is 4.52. The number of hydrazone groups is 1. The van der Waals surface area contributed by atoms with Crippen molar-refractivity contribution in [2.75, 3.05) is 5.01 Å². The molecule has 2 aromatic carbocycles. The number of aliphatic hydroxyl groups excluding tert-OH is 1. The zero-order valence-electron chi connectivity index (χ0n) is 17.1. The lowest BCUT2D eigenvalue weighted by Gasteiger charge is -2.29. The van der Waals surface area contributed by atoms with E-state index in [9.17, 15) is 15.0 Å². The van der Waals surface area contributed by atoms with Crippen LogP contribution in [-0.4, -0.2) is 34.0 Å². The van der Waals surface area contributed by atoms with Crippen LogP contribution in [0, 0.1) is 5.92 Å². The SMILES string of the molecule is C[C@@H]1C(C(=O)N[C@@H]2CCCC[C@H]2O)=NN(c2ccc(Cl)cc2Cl)[C@@H]1c1ccc(O)cc1. The van der Waals surface area contributed by atoms with E-state index < -0.39 is 6.10 Å². The van der Waals surface area contributed by atoms with Gasteiger partial charge in [0.05, 0.1) is 28.9 Å². The quantitative estimate of drug-likeness (QED) is 0.617. The zero-order valence-corrected chi connectivity index (χ0v) is 18.6. The lowest BCUT2D eigenvalue weighted by atomic mass is 9.89. The molecule has 0 bridgehead atoms. The minimum Gasteiger partial charge on any atom is -0.508 e. The van der Waals surface area contributed by atoms with Crippen LogP contribution >= 0.6 is 23.2 Å². The van der Waals surface area contributed by atoms with Crippen molar-refractivity contribution in [3.8, 4) is 5.75 Å². The predicted molar refractivity (Wildman–Crippen MR) is 123 cm³/mol. The van der Waals surface area contributed by atoms with Gasteiger partial charge in [-0.15, -0.1) is 0 Å². The molecule has 2 aliphatic rings. The minimum absolute atomic E-state index is 0.163. The fraction of sp³-hybridized carbons (Fsp3) is 0.391. The van der Waals surface area contributed by atoms with Crippen LogP contribution in [0.1, 0.15) is 44.2 Å². The lowest BCUT2D eigenvalue weighted by Crippen LogP contribution is -2.48. The van der Waals surface area contributed by atoms with Gasteiger partial charge < -0.3 is 15.5 Å². The number of rotatable bonds is 4. The Morgan fingerprint density at radius 3 is 2.52 bits per heavy atom. The molecule has 1 aliphatic carbocycles. The summed E-state index contributed by atoms with van der Waals surface area (Å²) < 4.78 is 0. The number of hydrogen-bond donors (Lipinski definition) is 3. The van der Waals surface area contributed by atoms with Crippen molar-refractivity contribution in [3.63, 3.8) is 0 Å². The molecular formula is C23H25Cl2N3O3. The largest absolute Gasteiger partial charge is 0.508 e. The number of halogens is 2. The van der Waals surface area contributed by atoms with Crippen LogP contribution in [-0.2, 0) is 4.79 Å². The van der Waals surface area contributed by atoms with Crippen molar-refractivity contribution in [3.05, 3.63) is 58.1 Å². The molecule has 0 radical (unpaired) electrons. The highest BCUT2D eigenvalue weighted by Crippen LogP contribution is 2.42. The Balaban J connectivity index is 1.68. The summed E-state index contributed by atoms with van der Waals surface area (Å²) in [5, 5.41) is 30.3. The number of aliphatic hydroxyl groups is 1. The number of amides is 1. The van der Waals surface area contributed by atoms with Crippen molar-refractivity contribution in [1.82, 2.24) is 5.32 Å². The van der Waals surface area contributed by atoms with Crippen LogP contribution in [0.5, 0.6) is 5.75 Å². The molecule has 0 saturated heterocycles. The number of phenolic OH excluding ortho intramolecular Hbond substituents is 1. The van der Waals surface area contributed by atoms with Gasteiger partial charge in [0.1, 0.15) is 11.5 Å². The highest BCUT2D eigenvalue weighted by molar-refractivity contribution is 6.41. The van der Waals surface area contributed by atoms with E-state index in [1.807, 2.05) is 19.1 Å². The van der Waals surface area contributed by atoms with Crippen LogP contribution in [0.15, 0.2) is 47.6 Å². The minimum atomic E-state index is -0.537. The Bertz CT molecular complexity index is 996. The average Bonchev–Trinajstić information content (AvgIpc) is 3.07. The van der Waals surface area contributed by atoms with E-state index in [-0.39, 0.29) is 29.7 Å². The second-order valence-corrected chi connectivity index (χ2v) is 9.03. The normalized spacial score (nSPS) is 25.9. The molecule has 1 aliphatic heterocycles. The standard InChI is InChI=1S/C23H25Cl2N3O3/c1-13-21(23(31)26-18-4-2-3-5-20(18)30)27-28(19-11-8-15(24)12-17(19)25)22(13)14-6-9-16(29)10-7-14/h6-13,18,20,22,29-30H,2-5H2,1H3,(H,26,31)/t13-,18-,20-,22+/m1/s1. The second-order valence-electron chi connectivity index (χ2n) is 8.18. The lowest BCUT2D eigenvalue weighted by molar-refractivity contribution is -0.116. The van der Waals surface area contributed by atoms with Crippen LogP contribution in [0.3, 0.4) is 0 Å². The molecular weight excluding hydrogens is 437 g/mol. The number of anilines is 1. The Kier molecular flexibility index (Phi) is 6.42. The zero-order chi connectivity index (χ0) is 22.1. The summed E-state index contributed by atoms with van der Waals surface area (Å²) in [5.41, 5.74) is 1.90. The fourth-order valence-electron chi connectivity index (χ4n) is 4.38. The molecule has 0 spiro atoms. The fourth-order valence-corrected chi connectivity index (χ4v) is 4.87. The third-order valence-corrected chi connectivity index (χ3v) is 6.59. The van der Waals surface area contributed by atoms with Crippen molar-refractivity contribution in [1.29, 1.82) is 0 Å². The van der Waals surface area contributed by atoms with E-state index in [1.165, 1.54) is 0 Å². The molecule has 1 heterocycles. The number of phenols is 1. The van der Waals surface area contributed by atoms with Crippen LogP contribution in [0.25, 0.3) is 0 Å². The summed E-state index contributed by atoms with van der Waals surface area (Å²) in [6, 6.07) is 11.4. The van der Waals surface area contributed by atoms with Gasteiger partial charge in [0.2, 0.25) is 0 Å². The molecule has 0 unspecified atom stereocenters. The Labute approximate surface area is 191 Å². The summed E-state index contributed by atoms with van der Waals surface area (Å²) in [6.45, 7) is 1.94. The first-order chi connectivity index (χ1) is 14.8. The molecule has 2 aromatic rings. The van der Waals surface area contributed by atoms with E-state index in [4.69, 9.17) is 23.2 Å². The number of nitrogens with zero attached hydrogens (tertiary/aromatic N) is 2. The molecule has 8 heteroatoms. The number of aromatic hydroxyl groups is 1. The Morgan fingerprint density at radius 2 is 1.84 bits per heavy atom. The summed E-state index contributed by atoms with van der Waals surface area (Å²) in [4.78, 5) is 13.1. The molecule has 31 heavy (non-hydrogen) atoms. The Hall–Kier alpha value is -2.28. The number of nitrogens with one attached hydrogen (secondary N) is 1. The van der Waals surface area contributed by atoms with Crippen LogP contribution in [0.4, 0.5) is 5.69 Å². The predicted octanol–water partition coefficient (Wildman–Crippen LogP) is 4.67. The van der Waals surface area contributed by atoms with Gasteiger partial charge in [0.25, 0.3) is 5.91 Å². The van der Waals surface area contributed by atoms with Gasteiger partial charge in [0, 0.05) is 10.9 Å². The third-order valence-electron chi connectivity index (χ3n) is 6.05. The summed E-state index contributed by atoms with van der Waals surface area (Å²) in [5.74, 6) is -0.373. The number of carbonyl (C=O) groups is 1. The molecule has 4 atom stereocenters. The topological polar surface area (TPSA) is 85.2 Å². The maximum atomic E-state index is 13.1. The van der Waals surface area contributed by atoms with Gasteiger partial charge in [-0.2, -0.15) is 5.10 Å². The smallest absolute Gasteiger partial charge is 0.268 e. The Morgan fingerprint density at radius 1 is 1.13 bits per heavy atom. The van der Waals surface area contributed by atoms with Gasteiger partial charge in [-0.05, 0) is 48.7 Å². The van der Waals surface area contributed by atoms with Gasteiger partial charge in [-0.1, -0.05) is 55.1 Å². The molecule has 0 aromatic heterocycles. The monoisotopic (exact) mass is 461 g/mol. The first kappa shape index (κ1) is 21.9. The molecule has 164 valence electrons. The maximum absolute atomic E-state index is 13.1. The molecule has 1 saturated carbocycles. The molecule has 1 amide bonds. The van der Waals surface area contributed by atoms with E-state index in [0.717, 1.165) is 24.8 Å². The van der Waals surface area contributed by atoms with Crippen LogP contribution in [0.2, 0.25) is 10.0 Å². The number of carbonyl (C=O) groups excluding carboxylic acids is 1. The van der Waals surface area contributed by atoms with Gasteiger partial charge >= 0.3 is 0 Å². The summed E-state index contributed by atoms with van der Waals surface area (Å²) >= 11 is 12.5. The number of benzene rings is 2. The first-order valence-electron chi connectivity index (χ1n) is 10.5. The summed E-state index contributed by atoms with van der Waals surface area (Å²) in [7, 11) is 0. The van der Waals surface area contributed by atoms with E-state index >= 15 is 0 Å². The average molecular weight is 462 g/mol. The van der Waals surface area contributed by atoms with E-state index in [2.05, 4.69) is 10.4 Å². The van der Waals surface area contributed by atoms with Gasteiger partial charge in [0.15, 0.2) is 0 Å². The highest BCUT2D eigenvalue weighted by atomic mass is 35.5. The van der Waals surface area contributed by atoms with Crippen molar-refractivity contribution in [2.24, 2.45) is 11.0 Å². The van der Waals surface area contributed by atoms with Crippen LogP contribution < -0.4 is 10.3 Å². The van der Waals surface area contributed by atoms with E-state index in [1.54, 1.807) is 35.3 Å². The first-order valence-corrected chi connectivity index (χ1v) is 11.2. The van der Waals surface area contributed by atoms with E-state index in [0.29, 0.717) is 27.9 Å². The summed E-state index contributed by atoms with van der Waals surface area (Å²) in [6.07, 6.45) is 2.85. The highest BCUT2D eigenvalue weighted by Gasteiger charge is 2.41. The van der Waals surface area contributed by atoms with Gasteiger partial charge in [-0.3, -0.25) is 9.80 Å². The van der Waals surface area contributed by atoms with Crippen molar-refractivity contribution >= 4 is 40.5 Å². The van der Waals surface area contributed by atoms with Gasteiger partial charge in [-0.25, -0.2) is 0 Å². The molecule has 3 N–H and O–H groups in total. The second kappa shape index (κ2) is 9.07. The molecule has 1 fully saturated rings. The molecule has 6 nitrogen and oxygen atoms in total. The molecule has 4 rings (SSSR count). The maximum Gasteiger partial charge on any atom is 0.268 e. The van der Waals surface area contributed by atoms with Crippen molar-refractivity contribution in [2.45, 2.75) is 50.8 Å². The van der Waals surface area contributed by atoms with Crippen molar-refractivity contribution < 1.29 is 15.0 Å². The number of hydrogen-bond acceptors (Lipinski definition) is 5.